The van der Waals surface area contributed by atoms with Crippen LogP contribution in [0.15, 0.2) is 64.5 Å². The molecule has 0 bridgehead atoms. The SMILES string of the molecule is CCc1cc2cccc(/C=N\O)c2c(=O)n1-c1ccccc1. The number of hydrogen-bond donors (Lipinski definition) is 1. The van der Waals surface area contributed by atoms with Gasteiger partial charge in [-0.1, -0.05) is 48.5 Å². The van der Waals surface area contributed by atoms with Crippen molar-refractivity contribution in [3.8, 4) is 5.69 Å². The Kier molecular flexibility index (Phi) is 3.74. The van der Waals surface area contributed by atoms with Gasteiger partial charge < -0.3 is 5.21 Å². The van der Waals surface area contributed by atoms with E-state index in [0.717, 1.165) is 23.2 Å². The molecule has 2 aromatic carbocycles. The van der Waals surface area contributed by atoms with Gasteiger partial charge in [-0.15, -0.1) is 0 Å². The molecule has 0 saturated heterocycles. The molecule has 0 unspecified atom stereocenters. The van der Waals surface area contributed by atoms with Gasteiger partial charge in [0.25, 0.3) is 5.56 Å². The summed E-state index contributed by atoms with van der Waals surface area (Å²) in [7, 11) is 0. The summed E-state index contributed by atoms with van der Waals surface area (Å²) in [6, 6.07) is 17.1. The number of aromatic nitrogens is 1. The zero-order valence-corrected chi connectivity index (χ0v) is 12.2. The average molecular weight is 292 g/mol. The highest BCUT2D eigenvalue weighted by Gasteiger charge is 2.12. The molecule has 1 heterocycles. The molecule has 22 heavy (non-hydrogen) atoms. The van der Waals surface area contributed by atoms with Gasteiger partial charge in [0.2, 0.25) is 0 Å². The molecule has 110 valence electrons. The first-order chi connectivity index (χ1) is 10.8. The normalized spacial score (nSPS) is 11.3. The molecule has 0 aliphatic carbocycles. The van der Waals surface area contributed by atoms with Gasteiger partial charge in [-0.2, -0.15) is 0 Å². The number of benzene rings is 2. The molecule has 1 aromatic heterocycles. The third kappa shape index (κ3) is 2.29. The molecule has 0 atom stereocenters. The van der Waals surface area contributed by atoms with Crippen molar-refractivity contribution in [3.05, 3.63) is 76.2 Å². The molecule has 0 amide bonds. The number of aryl methyl sites for hydroxylation is 1. The minimum Gasteiger partial charge on any atom is -0.411 e. The molecule has 0 spiro atoms. The molecule has 4 heteroatoms. The lowest BCUT2D eigenvalue weighted by Crippen LogP contribution is -2.22. The Morgan fingerprint density at radius 3 is 2.59 bits per heavy atom. The molecule has 3 rings (SSSR count). The number of nitrogens with zero attached hydrogens (tertiary/aromatic N) is 2. The van der Waals surface area contributed by atoms with Gasteiger partial charge in [-0.05, 0) is 30.0 Å². The number of fused-ring (bicyclic) bond motifs is 1. The first-order valence-electron chi connectivity index (χ1n) is 7.16. The summed E-state index contributed by atoms with van der Waals surface area (Å²) in [6.45, 7) is 2.03. The van der Waals surface area contributed by atoms with E-state index in [1.165, 1.54) is 6.21 Å². The fraction of sp³-hybridized carbons (Fsp3) is 0.111. The molecule has 4 nitrogen and oxygen atoms in total. The number of hydrogen-bond acceptors (Lipinski definition) is 3. The minimum absolute atomic E-state index is 0.101. The van der Waals surface area contributed by atoms with Gasteiger partial charge in [0.1, 0.15) is 0 Å². The largest absolute Gasteiger partial charge is 0.411 e. The van der Waals surface area contributed by atoms with Crippen molar-refractivity contribution in [2.24, 2.45) is 5.16 Å². The summed E-state index contributed by atoms with van der Waals surface area (Å²) in [5, 5.41) is 13.3. The highest BCUT2D eigenvalue weighted by atomic mass is 16.4. The average Bonchev–Trinajstić information content (AvgIpc) is 2.55. The summed E-state index contributed by atoms with van der Waals surface area (Å²) in [4.78, 5) is 13.0. The summed E-state index contributed by atoms with van der Waals surface area (Å²) in [5.41, 5.74) is 2.29. The Labute approximate surface area is 127 Å². The number of para-hydroxylation sites is 1. The van der Waals surface area contributed by atoms with Crippen LogP contribution in [0.2, 0.25) is 0 Å². The Balaban J connectivity index is 2.44. The summed E-state index contributed by atoms with van der Waals surface area (Å²) < 4.78 is 1.72. The van der Waals surface area contributed by atoms with Gasteiger partial charge in [-0.25, -0.2) is 0 Å². The lowest BCUT2D eigenvalue weighted by Gasteiger charge is -2.14. The predicted octanol–water partition coefficient (Wildman–Crippen LogP) is 3.36. The van der Waals surface area contributed by atoms with E-state index in [9.17, 15) is 4.79 Å². The Morgan fingerprint density at radius 2 is 1.91 bits per heavy atom. The number of pyridine rings is 1. The number of rotatable bonds is 3. The summed E-state index contributed by atoms with van der Waals surface area (Å²) in [6.07, 6.45) is 2.04. The zero-order valence-electron chi connectivity index (χ0n) is 12.2. The molecule has 1 N–H and O–H groups in total. The Hall–Kier alpha value is -2.88. The highest BCUT2D eigenvalue weighted by molar-refractivity contribution is 5.99. The van der Waals surface area contributed by atoms with E-state index in [0.29, 0.717) is 10.9 Å². The van der Waals surface area contributed by atoms with Crippen molar-refractivity contribution in [2.75, 3.05) is 0 Å². The molecule has 0 radical (unpaired) electrons. The molecular weight excluding hydrogens is 276 g/mol. The molecule has 0 aliphatic rings. The Bertz CT molecular complexity index is 896. The lowest BCUT2D eigenvalue weighted by molar-refractivity contribution is 0.322. The first kappa shape index (κ1) is 14.1. The molecular formula is C18H16N2O2. The fourth-order valence-electron chi connectivity index (χ4n) is 2.73. The smallest absolute Gasteiger partial charge is 0.263 e. The standard InChI is InChI=1S/C18H16N2O2/c1-2-15-11-13-7-6-8-14(12-19-22)17(13)18(21)20(15)16-9-4-3-5-10-16/h3-12,22H,2H2,1H3/b19-12-. The lowest BCUT2D eigenvalue weighted by atomic mass is 10.0. The van der Waals surface area contributed by atoms with Crippen LogP contribution in [-0.4, -0.2) is 16.0 Å². The fourth-order valence-corrected chi connectivity index (χ4v) is 2.73. The van der Waals surface area contributed by atoms with Crippen LogP contribution in [0, 0.1) is 0 Å². The van der Waals surface area contributed by atoms with Crippen LogP contribution in [0.3, 0.4) is 0 Å². The van der Waals surface area contributed by atoms with Crippen LogP contribution >= 0.6 is 0 Å². The zero-order chi connectivity index (χ0) is 15.5. The van der Waals surface area contributed by atoms with E-state index in [4.69, 9.17) is 5.21 Å². The number of oxime groups is 1. The van der Waals surface area contributed by atoms with E-state index < -0.39 is 0 Å². The predicted molar refractivity (Wildman–Crippen MR) is 88.3 cm³/mol. The second-order valence-corrected chi connectivity index (χ2v) is 5.02. The monoisotopic (exact) mass is 292 g/mol. The molecule has 0 saturated carbocycles. The third-order valence-electron chi connectivity index (χ3n) is 3.73. The second-order valence-electron chi connectivity index (χ2n) is 5.02. The summed E-state index contributed by atoms with van der Waals surface area (Å²) in [5.74, 6) is 0. The van der Waals surface area contributed by atoms with Crippen LogP contribution in [-0.2, 0) is 6.42 Å². The van der Waals surface area contributed by atoms with Gasteiger partial charge in [0, 0.05) is 16.9 Å². The molecule has 0 aliphatic heterocycles. The van der Waals surface area contributed by atoms with Gasteiger partial charge in [0.15, 0.2) is 0 Å². The van der Waals surface area contributed by atoms with Crippen LogP contribution in [0.25, 0.3) is 16.5 Å². The van der Waals surface area contributed by atoms with Crippen molar-refractivity contribution in [3.63, 3.8) is 0 Å². The maximum Gasteiger partial charge on any atom is 0.263 e. The summed E-state index contributed by atoms with van der Waals surface area (Å²) >= 11 is 0. The Morgan fingerprint density at radius 1 is 1.14 bits per heavy atom. The maximum atomic E-state index is 13.0. The molecule has 0 fully saturated rings. The van der Waals surface area contributed by atoms with E-state index in [1.807, 2.05) is 55.5 Å². The topological polar surface area (TPSA) is 54.6 Å². The van der Waals surface area contributed by atoms with Crippen LogP contribution < -0.4 is 5.56 Å². The van der Waals surface area contributed by atoms with Crippen LogP contribution in [0.4, 0.5) is 0 Å². The maximum absolute atomic E-state index is 13.0. The van der Waals surface area contributed by atoms with E-state index in [1.54, 1.807) is 10.6 Å². The van der Waals surface area contributed by atoms with Crippen LogP contribution in [0.1, 0.15) is 18.2 Å². The second kappa shape index (κ2) is 5.85. The first-order valence-corrected chi connectivity index (χ1v) is 7.16. The van der Waals surface area contributed by atoms with Crippen molar-refractivity contribution in [1.29, 1.82) is 0 Å². The highest BCUT2D eigenvalue weighted by Crippen LogP contribution is 2.19. The third-order valence-corrected chi connectivity index (χ3v) is 3.73. The van der Waals surface area contributed by atoms with E-state index >= 15 is 0 Å². The minimum atomic E-state index is -0.101. The van der Waals surface area contributed by atoms with Crippen molar-refractivity contribution in [1.82, 2.24) is 4.57 Å². The van der Waals surface area contributed by atoms with Gasteiger partial charge >= 0.3 is 0 Å². The van der Waals surface area contributed by atoms with E-state index in [2.05, 4.69) is 5.16 Å². The van der Waals surface area contributed by atoms with Crippen molar-refractivity contribution in [2.45, 2.75) is 13.3 Å². The van der Waals surface area contributed by atoms with Crippen molar-refractivity contribution >= 4 is 17.0 Å². The quantitative estimate of drug-likeness (QED) is 0.457. The van der Waals surface area contributed by atoms with E-state index in [-0.39, 0.29) is 5.56 Å². The van der Waals surface area contributed by atoms with Gasteiger partial charge in [-0.3, -0.25) is 9.36 Å². The molecule has 3 aromatic rings. The van der Waals surface area contributed by atoms with Gasteiger partial charge in [0.05, 0.1) is 11.6 Å². The van der Waals surface area contributed by atoms with Crippen LogP contribution in [0.5, 0.6) is 0 Å². The van der Waals surface area contributed by atoms with Crippen molar-refractivity contribution < 1.29 is 5.21 Å².